The van der Waals surface area contributed by atoms with Gasteiger partial charge in [0, 0.05) is 0 Å². The number of rotatable bonds is 3. The first kappa shape index (κ1) is 10.3. The fourth-order valence-corrected chi connectivity index (χ4v) is 1.77. The maximum absolute atomic E-state index is 11.3. The van der Waals surface area contributed by atoms with Gasteiger partial charge in [0.2, 0.25) is 0 Å². The Morgan fingerprint density at radius 2 is 1.85 bits per heavy atom. The van der Waals surface area contributed by atoms with Crippen molar-refractivity contribution in [1.82, 2.24) is 0 Å². The van der Waals surface area contributed by atoms with Crippen molar-refractivity contribution in [2.24, 2.45) is 0 Å². The van der Waals surface area contributed by atoms with E-state index in [0.717, 1.165) is 0 Å². The van der Waals surface area contributed by atoms with E-state index in [1.54, 1.807) is 6.92 Å². The van der Waals surface area contributed by atoms with Gasteiger partial charge in [0.05, 0.1) is 11.5 Å². The Morgan fingerprint density at radius 1 is 1.31 bits per heavy atom. The second kappa shape index (κ2) is 3.94. The van der Waals surface area contributed by atoms with Crippen LogP contribution in [0.3, 0.4) is 0 Å². The quantitative estimate of drug-likeness (QED) is 0.512. The van der Waals surface area contributed by atoms with Crippen LogP contribution < -0.4 is 5.46 Å². The summed E-state index contributed by atoms with van der Waals surface area (Å²) in [6.07, 6.45) is 0. The van der Waals surface area contributed by atoms with E-state index in [-0.39, 0.29) is 11.5 Å². The van der Waals surface area contributed by atoms with Crippen molar-refractivity contribution in [3.05, 3.63) is 24.3 Å². The molecule has 0 N–H and O–H groups in total. The SMILES string of the molecule is [B]c1ccc(S(=O)(=O)OCC)cc1. The second-order valence-electron chi connectivity index (χ2n) is 2.43. The molecule has 5 heteroatoms. The lowest BCUT2D eigenvalue weighted by Crippen LogP contribution is -2.08. The molecule has 0 aliphatic rings. The summed E-state index contributed by atoms with van der Waals surface area (Å²) >= 11 is 0. The first-order chi connectivity index (χ1) is 6.06. The van der Waals surface area contributed by atoms with Crippen molar-refractivity contribution >= 4 is 23.4 Å². The van der Waals surface area contributed by atoms with Crippen LogP contribution in [0, 0.1) is 0 Å². The maximum Gasteiger partial charge on any atom is 0.296 e. The van der Waals surface area contributed by atoms with E-state index in [2.05, 4.69) is 4.18 Å². The molecule has 0 amide bonds. The van der Waals surface area contributed by atoms with E-state index in [0.29, 0.717) is 5.46 Å². The monoisotopic (exact) mass is 196 g/mol. The van der Waals surface area contributed by atoms with Crippen molar-refractivity contribution < 1.29 is 12.6 Å². The maximum atomic E-state index is 11.3. The van der Waals surface area contributed by atoms with Crippen LogP contribution in [-0.4, -0.2) is 22.9 Å². The molecule has 1 rings (SSSR count). The molecule has 0 aliphatic heterocycles. The summed E-state index contributed by atoms with van der Waals surface area (Å²) in [6.45, 7) is 1.75. The lowest BCUT2D eigenvalue weighted by atomic mass is 9.97. The Morgan fingerprint density at radius 3 is 2.31 bits per heavy atom. The van der Waals surface area contributed by atoms with Gasteiger partial charge in [-0.15, -0.1) is 0 Å². The van der Waals surface area contributed by atoms with Crippen LogP contribution in [-0.2, 0) is 14.3 Å². The molecule has 0 bridgehead atoms. The second-order valence-corrected chi connectivity index (χ2v) is 4.05. The van der Waals surface area contributed by atoms with Gasteiger partial charge in [-0.05, 0) is 19.1 Å². The minimum absolute atomic E-state index is 0.128. The highest BCUT2D eigenvalue weighted by Gasteiger charge is 2.12. The molecule has 0 spiro atoms. The van der Waals surface area contributed by atoms with Crippen molar-refractivity contribution in [2.75, 3.05) is 6.61 Å². The normalized spacial score (nSPS) is 11.5. The zero-order chi connectivity index (χ0) is 9.90. The molecular weight excluding hydrogens is 187 g/mol. The van der Waals surface area contributed by atoms with Crippen LogP contribution in [0.15, 0.2) is 29.2 Å². The van der Waals surface area contributed by atoms with E-state index in [1.807, 2.05) is 0 Å². The molecule has 2 radical (unpaired) electrons. The standard InChI is InChI=1S/C8H9BO3S/c1-2-12-13(10,11)8-5-3-7(9)4-6-8/h3-6H,2H2,1H3. The fourth-order valence-electron chi connectivity index (χ4n) is 0.858. The summed E-state index contributed by atoms with van der Waals surface area (Å²) in [6, 6.07) is 5.87. The molecule has 1 aromatic rings. The summed E-state index contributed by atoms with van der Waals surface area (Å²) in [7, 11) is 1.83. The van der Waals surface area contributed by atoms with Gasteiger partial charge in [-0.25, -0.2) is 0 Å². The van der Waals surface area contributed by atoms with Crippen molar-refractivity contribution in [3.63, 3.8) is 0 Å². The molecule has 0 aromatic heterocycles. The molecule has 0 atom stereocenters. The van der Waals surface area contributed by atoms with Gasteiger partial charge in [-0.3, -0.25) is 4.18 Å². The van der Waals surface area contributed by atoms with E-state index in [9.17, 15) is 8.42 Å². The van der Waals surface area contributed by atoms with E-state index >= 15 is 0 Å². The Kier molecular flexibility index (Phi) is 3.11. The molecule has 13 heavy (non-hydrogen) atoms. The number of hydrogen-bond acceptors (Lipinski definition) is 3. The van der Waals surface area contributed by atoms with Gasteiger partial charge in [0.15, 0.2) is 0 Å². The zero-order valence-corrected chi connectivity index (χ0v) is 8.04. The Bertz CT molecular complexity index is 369. The first-order valence-electron chi connectivity index (χ1n) is 3.81. The minimum atomic E-state index is -3.58. The van der Waals surface area contributed by atoms with Crippen molar-refractivity contribution in [2.45, 2.75) is 11.8 Å². The van der Waals surface area contributed by atoms with Gasteiger partial charge in [-0.2, -0.15) is 8.42 Å². The van der Waals surface area contributed by atoms with Crippen LogP contribution in [0.25, 0.3) is 0 Å². The van der Waals surface area contributed by atoms with Crippen molar-refractivity contribution in [3.8, 4) is 0 Å². The van der Waals surface area contributed by atoms with E-state index in [4.69, 9.17) is 7.85 Å². The average Bonchev–Trinajstić information content (AvgIpc) is 2.05. The van der Waals surface area contributed by atoms with Crippen LogP contribution in [0.1, 0.15) is 6.92 Å². The topological polar surface area (TPSA) is 43.4 Å². The summed E-state index contributed by atoms with van der Waals surface area (Å²) in [5.41, 5.74) is 0.524. The minimum Gasteiger partial charge on any atom is -0.267 e. The summed E-state index contributed by atoms with van der Waals surface area (Å²) in [4.78, 5) is 0.128. The molecule has 0 aliphatic carbocycles. The fraction of sp³-hybridized carbons (Fsp3) is 0.250. The average molecular weight is 196 g/mol. The number of benzene rings is 1. The molecule has 68 valence electrons. The predicted octanol–water partition coefficient (Wildman–Crippen LogP) is 0.206. The van der Waals surface area contributed by atoms with Crippen LogP contribution in [0.4, 0.5) is 0 Å². The van der Waals surface area contributed by atoms with Gasteiger partial charge in [0.25, 0.3) is 10.1 Å². The molecule has 0 heterocycles. The molecule has 1 aromatic carbocycles. The smallest absolute Gasteiger partial charge is 0.267 e. The predicted molar refractivity (Wildman–Crippen MR) is 50.6 cm³/mol. The van der Waals surface area contributed by atoms with Gasteiger partial charge in [0.1, 0.15) is 7.85 Å². The van der Waals surface area contributed by atoms with E-state index < -0.39 is 10.1 Å². The van der Waals surface area contributed by atoms with Gasteiger partial charge >= 0.3 is 0 Å². The third-order valence-electron chi connectivity index (χ3n) is 1.44. The molecule has 0 saturated heterocycles. The molecule has 0 saturated carbocycles. The van der Waals surface area contributed by atoms with Gasteiger partial charge < -0.3 is 0 Å². The Labute approximate surface area is 79.3 Å². The third-order valence-corrected chi connectivity index (χ3v) is 2.84. The first-order valence-corrected chi connectivity index (χ1v) is 5.22. The molecular formula is C8H9BO3S. The molecule has 0 fully saturated rings. The lowest BCUT2D eigenvalue weighted by molar-refractivity contribution is 0.338. The summed E-state index contributed by atoms with van der Waals surface area (Å²) < 4.78 is 27.1. The van der Waals surface area contributed by atoms with Crippen LogP contribution in [0.5, 0.6) is 0 Å². The largest absolute Gasteiger partial charge is 0.296 e. The number of hydrogen-bond donors (Lipinski definition) is 0. The van der Waals surface area contributed by atoms with Crippen molar-refractivity contribution in [1.29, 1.82) is 0 Å². The molecule has 0 unspecified atom stereocenters. The zero-order valence-electron chi connectivity index (χ0n) is 7.23. The van der Waals surface area contributed by atoms with Gasteiger partial charge in [-0.1, -0.05) is 17.6 Å². The van der Waals surface area contributed by atoms with E-state index in [1.165, 1.54) is 24.3 Å². The molecule has 3 nitrogen and oxygen atoms in total. The Hall–Kier alpha value is -0.805. The summed E-state index contributed by atoms with van der Waals surface area (Å²) in [5.74, 6) is 0. The highest BCUT2D eigenvalue weighted by Crippen LogP contribution is 2.09. The third kappa shape index (κ3) is 2.57. The highest BCUT2D eigenvalue weighted by molar-refractivity contribution is 7.86. The lowest BCUT2D eigenvalue weighted by Gasteiger charge is -2.02. The van der Waals surface area contributed by atoms with Crippen LogP contribution >= 0.6 is 0 Å². The highest BCUT2D eigenvalue weighted by atomic mass is 32.2. The Balaban J connectivity index is 3.02. The summed E-state index contributed by atoms with van der Waals surface area (Å²) in [5, 5.41) is 0. The van der Waals surface area contributed by atoms with Crippen LogP contribution in [0.2, 0.25) is 0 Å².